The van der Waals surface area contributed by atoms with Crippen LogP contribution < -0.4 is 14.8 Å². The van der Waals surface area contributed by atoms with Crippen LogP contribution in [0.3, 0.4) is 0 Å². The van der Waals surface area contributed by atoms with Crippen molar-refractivity contribution in [1.29, 1.82) is 0 Å². The maximum Gasteiger partial charge on any atom is 0.213 e. The van der Waals surface area contributed by atoms with Crippen LogP contribution in [0.1, 0.15) is 0 Å². The number of rotatable bonds is 4. The standard InChI is InChI=1S/C14H15N5O2/c1-15-13-11(20-2)8-19-14(18-13)10(7-17-19)9-4-5-16-12(6-9)21-3/h4-8H,1-3H3,(H,15,18). The van der Waals surface area contributed by atoms with E-state index >= 15 is 0 Å². The van der Waals surface area contributed by atoms with E-state index in [-0.39, 0.29) is 0 Å². The van der Waals surface area contributed by atoms with Crippen molar-refractivity contribution in [1.82, 2.24) is 19.6 Å². The molecule has 0 spiro atoms. The third-order valence-corrected chi connectivity index (χ3v) is 3.17. The predicted octanol–water partition coefficient (Wildman–Crippen LogP) is 1.85. The number of nitrogens with one attached hydrogen (secondary N) is 1. The van der Waals surface area contributed by atoms with Gasteiger partial charge in [0, 0.05) is 24.9 Å². The van der Waals surface area contributed by atoms with Crippen molar-refractivity contribution in [3.63, 3.8) is 0 Å². The van der Waals surface area contributed by atoms with Crippen molar-refractivity contribution in [3.05, 3.63) is 30.7 Å². The van der Waals surface area contributed by atoms with Crippen LogP contribution in [0.4, 0.5) is 5.82 Å². The monoisotopic (exact) mass is 285 g/mol. The van der Waals surface area contributed by atoms with Gasteiger partial charge in [-0.3, -0.25) is 0 Å². The molecule has 7 heteroatoms. The molecule has 0 aromatic carbocycles. The van der Waals surface area contributed by atoms with Gasteiger partial charge in [0.15, 0.2) is 17.2 Å². The predicted molar refractivity (Wildman–Crippen MR) is 78.9 cm³/mol. The van der Waals surface area contributed by atoms with Gasteiger partial charge in [0.2, 0.25) is 5.88 Å². The highest BCUT2D eigenvalue weighted by atomic mass is 16.5. The lowest BCUT2D eigenvalue weighted by Crippen LogP contribution is -2.01. The summed E-state index contributed by atoms with van der Waals surface area (Å²) in [6, 6.07) is 3.74. The summed E-state index contributed by atoms with van der Waals surface area (Å²) in [4.78, 5) is 8.67. The molecule has 0 saturated heterocycles. The van der Waals surface area contributed by atoms with Gasteiger partial charge in [-0.2, -0.15) is 5.10 Å². The molecule has 3 rings (SSSR count). The minimum atomic E-state index is 0.550. The van der Waals surface area contributed by atoms with Crippen LogP contribution in [-0.2, 0) is 0 Å². The Morgan fingerprint density at radius 3 is 2.81 bits per heavy atom. The van der Waals surface area contributed by atoms with Crippen LogP contribution in [0.25, 0.3) is 16.8 Å². The van der Waals surface area contributed by atoms with E-state index in [9.17, 15) is 0 Å². The van der Waals surface area contributed by atoms with E-state index < -0.39 is 0 Å². The first-order chi connectivity index (χ1) is 10.3. The number of pyridine rings is 1. The number of nitrogens with zero attached hydrogens (tertiary/aromatic N) is 4. The molecular weight excluding hydrogens is 270 g/mol. The number of fused-ring (bicyclic) bond motifs is 1. The summed E-state index contributed by atoms with van der Waals surface area (Å²) < 4.78 is 12.1. The van der Waals surface area contributed by atoms with Gasteiger partial charge in [0.1, 0.15) is 0 Å². The molecule has 0 radical (unpaired) electrons. The first-order valence-corrected chi connectivity index (χ1v) is 6.37. The number of methoxy groups -OCH3 is 2. The molecule has 0 bridgehead atoms. The average molecular weight is 285 g/mol. The van der Waals surface area contributed by atoms with Gasteiger partial charge in [-0.25, -0.2) is 14.5 Å². The molecule has 3 aromatic heterocycles. The second kappa shape index (κ2) is 5.28. The van der Waals surface area contributed by atoms with Crippen molar-refractivity contribution in [3.8, 4) is 22.8 Å². The molecule has 0 amide bonds. The lowest BCUT2D eigenvalue weighted by molar-refractivity contribution is 0.398. The summed E-state index contributed by atoms with van der Waals surface area (Å²) in [6.07, 6.45) is 5.24. The van der Waals surface area contributed by atoms with Crippen LogP contribution in [0.2, 0.25) is 0 Å². The molecule has 7 nitrogen and oxygen atoms in total. The highest BCUT2D eigenvalue weighted by Crippen LogP contribution is 2.29. The van der Waals surface area contributed by atoms with Crippen LogP contribution in [-0.4, -0.2) is 40.8 Å². The number of aromatic nitrogens is 4. The maximum atomic E-state index is 5.28. The molecule has 0 aliphatic rings. The lowest BCUT2D eigenvalue weighted by Gasteiger charge is -2.08. The molecule has 0 saturated carbocycles. The second-order valence-corrected chi connectivity index (χ2v) is 4.32. The second-order valence-electron chi connectivity index (χ2n) is 4.32. The Bertz CT molecular complexity index is 784. The summed E-state index contributed by atoms with van der Waals surface area (Å²) in [5.41, 5.74) is 2.57. The zero-order chi connectivity index (χ0) is 14.8. The van der Waals surface area contributed by atoms with E-state index in [1.54, 1.807) is 44.4 Å². The minimum absolute atomic E-state index is 0.550. The number of hydrogen-bond acceptors (Lipinski definition) is 6. The van der Waals surface area contributed by atoms with Crippen molar-refractivity contribution < 1.29 is 9.47 Å². The van der Waals surface area contributed by atoms with Crippen LogP contribution in [0.5, 0.6) is 11.6 Å². The Kier molecular flexibility index (Phi) is 3.31. The fourth-order valence-corrected chi connectivity index (χ4v) is 2.12. The fraction of sp³-hybridized carbons (Fsp3) is 0.214. The zero-order valence-corrected chi connectivity index (χ0v) is 12.0. The summed E-state index contributed by atoms with van der Waals surface area (Å²) in [7, 11) is 4.99. The number of anilines is 1. The third kappa shape index (κ3) is 2.22. The van der Waals surface area contributed by atoms with Gasteiger partial charge in [-0.05, 0) is 11.6 Å². The Hall–Kier alpha value is -2.83. The molecule has 0 aliphatic heterocycles. The van der Waals surface area contributed by atoms with E-state index in [2.05, 4.69) is 20.4 Å². The zero-order valence-electron chi connectivity index (χ0n) is 12.0. The van der Waals surface area contributed by atoms with Crippen molar-refractivity contribution in [2.75, 3.05) is 26.6 Å². The lowest BCUT2D eigenvalue weighted by atomic mass is 10.1. The van der Waals surface area contributed by atoms with E-state index in [4.69, 9.17) is 9.47 Å². The van der Waals surface area contributed by atoms with Crippen LogP contribution in [0.15, 0.2) is 30.7 Å². The largest absolute Gasteiger partial charge is 0.491 e. The van der Waals surface area contributed by atoms with Gasteiger partial charge in [-0.1, -0.05) is 0 Å². The quantitative estimate of drug-likeness (QED) is 0.788. The summed E-state index contributed by atoms with van der Waals surface area (Å²) >= 11 is 0. The molecule has 0 aliphatic carbocycles. The third-order valence-electron chi connectivity index (χ3n) is 3.17. The van der Waals surface area contributed by atoms with E-state index in [1.807, 2.05) is 12.1 Å². The molecule has 0 unspecified atom stereocenters. The average Bonchev–Trinajstić information content (AvgIpc) is 2.96. The van der Waals surface area contributed by atoms with E-state index in [1.165, 1.54) is 0 Å². The Morgan fingerprint density at radius 2 is 2.10 bits per heavy atom. The van der Waals surface area contributed by atoms with Crippen LogP contribution in [0, 0.1) is 0 Å². The van der Waals surface area contributed by atoms with Gasteiger partial charge in [0.25, 0.3) is 0 Å². The highest BCUT2D eigenvalue weighted by Gasteiger charge is 2.13. The molecule has 0 atom stereocenters. The van der Waals surface area contributed by atoms with Crippen molar-refractivity contribution in [2.24, 2.45) is 0 Å². The van der Waals surface area contributed by atoms with Crippen molar-refractivity contribution >= 4 is 11.5 Å². The van der Waals surface area contributed by atoms with Gasteiger partial charge in [0.05, 0.1) is 26.6 Å². The number of hydrogen-bond donors (Lipinski definition) is 1. The van der Waals surface area contributed by atoms with Crippen LogP contribution >= 0.6 is 0 Å². The van der Waals surface area contributed by atoms with E-state index in [0.717, 1.165) is 16.8 Å². The molecule has 0 fully saturated rings. The number of ether oxygens (including phenoxy) is 2. The smallest absolute Gasteiger partial charge is 0.213 e. The SMILES string of the molecule is CNc1nc2c(-c3ccnc(OC)c3)cnn2cc1OC. The molecule has 108 valence electrons. The Balaban J connectivity index is 2.19. The molecule has 1 N–H and O–H groups in total. The maximum absolute atomic E-state index is 5.28. The minimum Gasteiger partial charge on any atom is -0.491 e. The summed E-state index contributed by atoms with van der Waals surface area (Å²) in [5, 5.41) is 7.34. The van der Waals surface area contributed by atoms with Gasteiger partial charge in [-0.15, -0.1) is 0 Å². The highest BCUT2D eigenvalue weighted by molar-refractivity contribution is 5.78. The van der Waals surface area contributed by atoms with Gasteiger partial charge < -0.3 is 14.8 Å². The first-order valence-electron chi connectivity index (χ1n) is 6.37. The molecule has 3 aromatic rings. The molecule has 21 heavy (non-hydrogen) atoms. The first kappa shape index (κ1) is 13.2. The van der Waals surface area contributed by atoms with E-state index in [0.29, 0.717) is 17.4 Å². The molecular formula is C14H15N5O2. The Morgan fingerprint density at radius 1 is 1.24 bits per heavy atom. The summed E-state index contributed by atoms with van der Waals surface area (Å²) in [6.45, 7) is 0. The Labute approximate surface area is 121 Å². The summed E-state index contributed by atoms with van der Waals surface area (Å²) in [5.74, 6) is 1.84. The topological polar surface area (TPSA) is 73.6 Å². The molecule has 3 heterocycles. The normalized spacial score (nSPS) is 10.6. The van der Waals surface area contributed by atoms with Gasteiger partial charge >= 0.3 is 0 Å². The fourth-order valence-electron chi connectivity index (χ4n) is 2.12. The van der Waals surface area contributed by atoms with Crippen molar-refractivity contribution in [2.45, 2.75) is 0 Å².